The average Bonchev–Trinajstić information content (AvgIpc) is 1.63. The third kappa shape index (κ3) is 9.61. The number of aliphatic carboxylic acids is 1. The largest absolute Gasteiger partial charge is 0.481 e. The molecule has 0 heterocycles. The van der Waals surface area contributed by atoms with Crippen LogP contribution >= 0.6 is 0 Å². The van der Waals surface area contributed by atoms with E-state index < -0.39 is 14.5 Å². The fourth-order valence-electron chi connectivity index (χ4n) is 0.353. The number of hydrogen-bond donors (Lipinski definition) is 2. The summed E-state index contributed by atoms with van der Waals surface area (Å²) in [6.07, 6.45) is 0. The first-order chi connectivity index (χ1) is 3.98. The van der Waals surface area contributed by atoms with E-state index in [1.807, 2.05) is 0 Å². The molecule has 0 bridgehead atoms. The molecule has 0 spiro atoms. The van der Waals surface area contributed by atoms with Gasteiger partial charge in [-0.1, -0.05) is 14.9 Å². The van der Waals surface area contributed by atoms with Crippen LogP contribution in [-0.4, -0.2) is 31.5 Å². The van der Waals surface area contributed by atoms with E-state index in [-0.39, 0.29) is 20.9 Å². The Labute approximate surface area is 69.1 Å². The second kappa shape index (κ2) is 6.33. The monoisotopic (exact) mass is 182 g/mol. The molecule has 0 amide bonds. The fourth-order valence-corrected chi connectivity index (χ4v) is 1.06. The van der Waals surface area contributed by atoms with Gasteiger partial charge in [0, 0.05) is 7.11 Å². The summed E-state index contributed by atoms with van der Waals surface area (Å²) in [6, 6.07) is -0.260. The minimum atomic E-state index is -2.84. The highest BCUT2D eigenvalue weighted by Crippen LogP contribution is 2.04. The molecule has 0 aromatic rings. The molecule has 0 aliphatic heterocycles. The molecule has 11 heavy (non-hydrogen) atoms. The van der Waals surface area contributed by atoms with Crippen molar-refractivity contribution in [2.75, 3.05) is 7.11 Å². The van der Waals surface area contributed by atoms with Gasteiger partial charge in [-0.15, -0.1) is 0 Å². The van der Waals surface area contributed by atoms with Gasteiger partial charge in [0.1, 0.15) is 0 Å². The summed E-state index contributed by atoms with van der Waals surface area (Å²) in [6.45, 7) is 1.43. The predicted octanol–water partition coefficient (Wildman–Crippen LogP) is 1.05. The third-order valence-electron chi connectivity index (χ3n) is 0.919. The first-order valence-corrected chi connectivity index (χ1v) is 5.03. The van der Waals surface area contributed by atoms with Crippen molar-refractivity contribution < 1.29 is 19.1 Å². The Morgan fingerprint density at radius 1 is 1.55 bits per heavy atom. The molecule has 0 aromatic heterocycles. The topological polar surface area (TPSA) is 66.8 Å². The molecule has 4 nitrogen and oxygen atoms in total. The molecule has 0 fully saturated rings. The van der Waals surface area contributed by atoms with Gasteiger partial charge in [-0.25, -0.2) is 0 Å². The van der Waals surface area contributed by atoms with E-state index in [0.29, 0.717) is 0 Å². The molecule has 0 aliphatic rings. The second-order valence-electron chi connectivity index (χ2n) is 1.95. The summed E-state index contributed by atoms with van der Waals surface area (Å²) in [5, 5.41) is 8.17. The summed E-state index contributed by atoms with van der Waals surface area (Å²) in [5.41, 5.74) is 0. The minimum Gasteiger partial charge on any atom is -0.481 e. The maximum absolute atomic E-state index is 9.97. The molecule has 0 aliphatic carbocycles. The summed E-state index contributed by atoms with van der Waals surface area (Å²) in [4.78, 5) is 19.0. The zero-order chi connectivity index (χ0) is 7.49. The molecule has 1 unspecified atom stereocenters. The van der Waals surface area contributed by atoms with Gasteiger partial charge in [-0.05, 0) is 6.55 Å². The van der Waals surface area contributed by atoms with Crippen LogP contribution in [-0.2, 0) is 9.22 Å². The lowest BCUT2D eigenvalue weighted by Gasteiger charge is -2.13. The Morgan fingerprint density at radius 2 is 1.91 bits per heavy atom. The van der Waals surface area contributed by atoms with Crippen molar-refractivity contribution in [3.05, 3.63) is 0 Å². The average molecular weight is 182 g/mol. The quantitative estimate of drug-likeness (QED) is 0.640. The van der Waals surface area contributed by atoms with E-state index in [0.717, 1.165) is 0 Å². The van der Waals surface area contributed by atoms with Crippen molar-refractivity contribution >= 4 is 14.5 Å². The molecule has 1 atom stereocenters. The Hall–Kier alpha value is -0.393. The second-order valence-corrected chi connectivity index (χ2v) is 5.06. The van der Waals surface area contributed by atoms with Crippen LogP contribution in [0.4, 0.5) is 0 Å². The number of hydrogen-bond acceptors (Lipinski definition) is 3. The van der Waals surface area contributed by atoms with E-state index in [9.17, 15) is 4.79 Å². The Morgan fingerprint density at radius 3 is 2.00 bits per heavy atom. The first-order valence-electron chi connectivity index (χ1n) is 2.47. The predicted molar refractivity (Wildman–Crippen MR) is 46.8 cm³/mol. The summed E-state index contributed by atoms with van der Waals surface area (Å²) < 4.78 is 4.56. The van der Waals surface area contributed by atoms with Crippen LogP contribution in [0.25, 0.3) is 0 Å². The van der Waals surface area contributed by atoms with Crippen LogP contribution in [0.2, 0.25) is 12.6 Å². The van der Waals surface area contributed by atoms with Crippen molar-refractivity contribution in [2.24, 2.45) is 0 Å². The van der Waals surface area contributed by atoms with Crippen molar-refractivity contribution in [1.29, 1.82) is 0 Å². The molecule has 0 radical (unpaired) electrons. The third-order valence-corrected chi connectivity index (χ3v) is 2.76. The van der Waals surface area contributed by atoms with Crippen molar-refractivity contribution in [3.8, 4) is 0 Å². The highest BCUT2D eigenvalue weighted by Gasteiger charge is 2.28. The van der Waals surface area contributed by atoms with Crippen LogP contribution in [0.1, 0.15) is 14.9 Å². The van der Waals surface area contributed by atoms with Gasteiger partial charge < -0.3 is 14.3 Å². The van der Waals surface area contributed by atoms with Crippen LogP contribution in [0.15, 0.2) is 0 Å². The molecule has 0 saturated carbocycles. The van der Waals surface area contributed by atoms with Gasteiger partial charge in [0.05, 0.1) is 6.04 Å². The lowest BCUT2D eigenvalue weighted by atomic mass is 10.8. The molecule has 0 aromatic carbocycles. The van der Waals surface area contributed by atoms with Gasteiger partial charge >= 0.3 is 14.5 Å². The maximum Gasteiger partial charge on any atom is 0.343 e. The SMILES string of the molecule is C.C.CO[Si](C)(O)CC(=O)O. The van der Waals surface area contributed by atoms with Crippen LogP contribution < -0.4 is 0 Å². The van der Waals surface area contributed by atoms with Crippen molar-refractivity contribution in [2.45, 2.75) is 27.4 Å². The number of carbonyl (C=O) groups is 1. The van der Waals surface area contributed by atoms with E-state index in [4.69, 9.17) is 9.90 Å². The Bertz CT molecular complexity index is 113. The summed E-state index contributed by atoms with van der Waals surface area (Å²) in [5.74, 6) is -1.02. The lowest BCUT2D eigenvalue weighted by Crippen LogP contribution is -2.35. The highest BCUT2D eigenvalue weighted by molar-refractivity contribution is 6.67. The van der Waals surface area contributed by atoms with E-state index in [1.165, 1.54) is 13.7 Å². The van der Waals surface area contributed by atoms with Crippen LogP contribution in [0, 0.1) is 0 Å². The number of carboxylic acids is 1. The van der Waals surface area contributed by atoms with Gasteiger partial charge in [0.25, 0.3) is 0 Å². The molecule has 5 heteroatoms. The van der Waals surface area contributed by atoms with Crippen molar-refractivity contribution in [3.63, 3.8) is 0 Å². The summed E-state index contributed by atoms with van der Waals surface area (Å²) in [7, 11) is -1.53. The molecule has 70 valence electrons. The van der Waals surface area contributed by atoms with Gasteiger partial charge in [0.2, 0.25) is 0 Å². The lowest BCUT2D eigenvalue weighted by molar-refractivity contribution is -0.134. The summed E-state index contributed by atoms with van der Waals surface area (Å²) >= 11 is 0. The van der Waals surface area contributed by atoms with Gasteiger partial charge in [-0.3, -0.25) is 4.79 Å². The molecular formula is C6H18O4Si. The van der Waals surface area contributed by atoms with Crippen LogP contribution in [0.5, 0.6) is 0 Å². The van der Waals surface area contributed by atoms with Crippen molar-refractivity contribution in [1.82, 2.24) is 0 Å². The van der Waals surface area contributed by atoms with E-state index in [1.54, 1.807) is 0 Å². The van der Waals surface area contributed by atoms with Gasteiger partial charge in [-0.2, -0.15) is 0 Å². The Kier molecular flexibility index (Phi) is 9.73. The smallest absolute Gasteiger partial charge is 0.343 e. The fraction of sp³-hybridized carbons (Fsp3) is 0.833. The standard InChI is InChI=1S/C4H10O4Si.2CH4/c1-8-9(2,7)3-4(5)6;;/h7H,3H2,1-2H3,(H,5,6);2*1H4. The van der Waals surface area contributed by atoms with E-state index in [2.05, 4.69) is 4.43 Å². The number of carboxylic acid groups (broad SMARTS) is 1. The molecular weight excluding hydrogens is 164 g/mol. The normalized spacial score (nSPS) is 13.7. The van der Waals surface area contributed by atoms with Crippen LogP contribution in [0.3, 0.4) is 0 Å². The number of rotatable bonds is 3. The minimum absolute atomic E-state index is 0. The molecule has 0 rings (SSSR count). The first kappa shape index (κ1) is 16.9. The van der Waals surface area contributed by atoms with Gasteiger partial charge in [0.15, 0.2) is 0 Å². The molecule has 2 N–H and O–H groups in total. The highest BCUT2D eigenvalue weighted by atomic mass is 28.4. The maximum atomic E-state index is 9.97. The zero-order valence-corrected chi connectivity index (χ0v) is 6.42. The van der Waals surface area contributed by atoms with E-state index >= 15 is 0 Å². The molecule has 0 saturated heterocycles. The zero-order valence-electron chi connectivity index (χ0n) is 5.42. The Balaban J connectivity index is -0.000000320.